The maximum Gasteiger partial charge on any atom is 0.0695 e. The second-order valence-electron chi connectivity index (χ2n) is 5.04. The molecule has 90 valence electrons. The van der Waals surface area contributed by atoms with Gasteiger partial charge in [0.15, 0.2) is 0 Å². The number of rotatable bonds is 3. The zero-order valence-corrected chi connectivity index (χ0v) is 11.0. The lowest BCUT2D eigenvalue weighted by atomic mass is 9.90. The molecule has 0 saturated heterocycles. The van der Waals surface area contributed by atoms with Crippen molar-refractivity contribution in [2.45, 2.75) is 63.9 Å². The first-order valence-electron chi connectivity index (χ1n) is 6.52. The van der Waals surface area contributed by atoms with Gasteiger partial charge in [-0.1, -0.05) is 32.6 Å². The van der Waals surface area contributed by atoms with Gasteiger partial charge in [0, 0.05) is 16.2 Å². The summed E-state index contributed by atoms with van der Waals surface area (Å²) in [6, 6.07) is 4.41. The van der Waals surface area contributed by atoms with Crippen molar-refractivity contribution in [2.75, 3.05) is 0 Å². The van der Waals surface area contributed by atoms with Crippen molar-refractivity contribution in [3.05, 3.63) is 21.9 Å². The van der Waals surface area contributed by atoms with E-state index in [2.05, 4.69) is 19.1 Å². The fraction of sp³-hybridized carbons (Fsp3) is 0.714. The third-order valence-electron chi connectivity index (χ3n) is 3.60. The van der Waals surface area contributed by atoms with Crippen LogP contribution in [0.1, 0.15) is 55.2 Å². The molecular weight excluding hydrogens is 216 g/mol. The Morgan fingerprint density at radius 3 is 2.31 bits per heavy atom. The van der Waals surface area contributed by atoms with Crippen LogP contribution < -0.4 is 0 Å². The number of thiophene rings is 1. The molecule has 16 heavy (non-hydrogen) atoms. The summed E-state index contributed by atoms with van der Waals surface area (Å²) in [5.41, 5.74) is -0.410. The second kappa shape index (κ2) is 5.33. The minimum atomic E-state index is -0.410. The van der Waals surface area contributed by atoms with Crippen LogP contribution in [0.15, 0.2) is 12.1 Å². The van der Waals surface area contributed by atoms with Crippen LogP contribution in [0.4, 0.5) is 0 Å². The Balaban J connectivity index is 2.00. The largest absolute Gasteiger partial charge is 0.390 e. The second-order valence-corrected chi connectivity index (χ2v) is 6.29. The summed E-state index contributed by atoms with van der Waals surface area (Å²) < 4.78 is 0. The summed E-state index contributed by atoms with van der Waals surface area (Å²) in [4.78, 5) is 2.80. The van der Waals surface area contributed by atoms with Gasteiger partial charge >= 0.3 is 0 Å². The summed E-state index contributed by atoms with van der Waals surface area (Å²) in [5, 5.41) is 10.6. The molecule has 0 spiro atoms. The molecule has 0 radical (unpaired) electrons. The predicted molar refractivity (Wildman–Crippen MR) is 70.1 cm³/mol. The van der Waals surface area contributed by atoms with E-state index in [0.717, 1.165) is 25.7 Å². The summed E-state index contributed by atoms with van der Waals surface area (Å²) >= 11 is 1.87. The third kappa shape index (κ3) is 3.08. The van der Waals surface area contributed by atoms with Crippen LogP contribution in [0.2, 0.25) is 0 Å². The Morgan fingerprint density at radius 1 is 1.12 bits per heavy atom. The van der Waals surface area contributed by atoms with Gasteiger partial charge in [-0.25, -0.2) is 0 Å². The van der Waals surface area contributed by atoms with E-state index >= 15 is 0 Å². The van der Waals surface area contributed by atoms with Gasteiger partial charge in [0.25, 0.3) is 0 Å². The van der Waals surface area contributed by atoms with Gasteiger partial charge in [0.05, 0.1) is 5.60 Å². The van der Waals surface area contributed by atoms with E-state index in [9.17, 15) is 5.11 Å². The quantitative estimate of drug-likeness (QED) is 0.791. The van der Waals surface area contributed by atoms with Crippen molar-refractivity contribution < 1.29 is 5.11 Å². The van der Waals surface area contributed by atoms with Crippen LogP contribution in [0.25, 0.3) is 0 Å². The fourth-order valence-electron chi connectivity index (χ4n) is 2.60. The smallest absolute Gasteiger partial charge is 0.0695 e. The molecule has 1 N–H and O–H groups in total. The molecule has 1 aromatic rings. The van der Waals surface area contributed by atoms with E-state index in [-0.39, 0.29) is 0 Å². The van der Waals surface area contributed by atoms with E-state index in [1.165, 1.54) is 35.4 Å². The predicted octanol–water partition coefficient (Wildman–Crippen LogP) is 3.94. The molecule has 0 aromatic carbocycles. The molecule has 1 aliphatic rings. The van der Waals surface area contributed by atoms with Crippen LogP contribution in [0, 0.1) is 0 Å². The van der Waals surface area contributed by atoms with Crippen LogP contribution in [0.5, 0.6) is 0 Å². The molecule has 2 heteroatoms. The average molecular weight is 238 g/mol. The zero-order chi connectivity index (χ0) is 11.4. The molecule has 1 heterocycles. The molecule has 0 unspecified atom stereocenters. The fourth-order valence-corrected chi connectivity index (χ4v) is 3.69. The van der Waals surface area contributed by atoms with Crippen molar-refractivity contribution in [1.29, 1.82) is 0 Å². The molecule has 1 saturated carbocycles. The minimum absolute atomic E-state index is 0.410. The number of aliphatic hydroxyl groups is 1. The van der Waals surface area contributed by atoms with Crippen molar-refractivity contribution >= 4 is 11.3 Å². The summed E-state index contributed by atoms with van der Waals surface area (Å²) in [7, 11) is 0. The van der Waals surface area contributed by atoms with Crippen molar-refractivity contribution in [1.82, 2.24) is 0 Å². The molecule has 1 aromatic heterocycles. The molecule has 0 amide bonds. The molecule has 0 aliphatic heterocycles. The average Bonchev–Trinajstić information content (AvgIpc) is 2.60. The molecule has 1 aliphatic carbocycles. The zero-order valence-electron chi connectivity index (χ0n) is 10.2. The number of hydrogen-bond acceptors (Lipinski definition) is 2. The lowest BCUT2D eigenvalue weighted by Gasteiger charge is -2.25. The first-order chi connectivity index (χ1) is 7.72. The maximum absolute atomic E-state index is 10.6. The molecule has 1 nitrogen and oxygen atoms in total. The van der Waals surface area contributed by atoms with E-state index in [4.69, 9.17) is 0 Å². The van der Waals surface area contributed by atoms with Crippen LogP contribution in [0.3, 0.4) is 0 Å². The maximum atomic E-state index is 10.6. The lowest BCUT2D eigenvalue weighted by Crippen LogP contribution is -2.30. The van der Waals surface area contributed by atoms with Crippen molar-refractivity contribution in [3.8, 4) is 0 Å². The van der Waals surface area contributed by atoms with Crippen molar-refractivity contribution in [3.63, 3.8) is 0 Å². The minimum Gasteiger partial charge on any atom is -0.390 e. The Morgan fingerprint density at radius 2 is 1.75 bits per heavy atom. The number of aryl methyl sites for hydroxylation is 1. The summed E-state index contributed by atoms with van der Waals surface area (Å²) in [6.07, 6.45) is 8.96. The van der Waals surface area contributed by atoms with E-state index in [1.54, 1.807) is 0 Å². The van der Waals surface area contributed by atoms with Crippen LogP contribution >= 0.6 is 11.3 Å². The van der Waals surface area contributed by atoms with E-state index in [1.807, 2.05) is 11.3 Å². The Bertz CT molecular complexity index is 321. The summed E-state index contributed by atoms with van der Waals surface area (Å²) in [6.45, 7) is 2.19. The van der Waals surface area contributed by atoms with Gasteiger partial charge in [0.1, 0.15) is 0 Å². The molecule has 0 atom stereocenters. The van der Waals surface area contributed by atoms with Gasteiger partial charge in [-0.05, 0) is 31.4 Å². The highest BCUT2D eigenvalue weighted by atomic mass is 32.1. The standard InChI is InChI=1S/C14H22OS/c1-2-12-7-8-13(16-12)11-14(15)9-5-3-4-6-10-14/h7-8,15H,2-6,9-11H2,1H3. The monoisotopic (exact) mass is 238 g/mol. The first-order valence-corrected chi connectivity index (χ1v) is 7.33. The molecule has 2 rings (SSSR count). The van der Waals surface area contributed by atoms with Gasteiger partial charge < -0.3 is 5.11 Å². The topological polar surface area (TPSA) is 20.2 Å². The van der Waals surface area contributed by atoms with Crippen molar-refractivity contribution in [2.24, 2.45) is 0 Å². The molecule has 0 bridgehead atoms. The normalized spacial score (nSPS) is 20.6. The number of hydrogen-bond donors (Lipinski definition) is 1. The van der Waals surface area contributed by atoms with E-state index in [0.29, 0.717) is 0 Å². The van der Waals surface area contributed by atoms with Gasteiger partial charge in [-0.15, -0.1) is 11.3 Å². The lowest BCUT2D eigenvalue weighted by molar-refractivity contribution is 0.0260. The third-order valence-corrected chi connectivity index (χ3v) is 4.83. The molecular formula is C14H22OS. The van der Waals surface area contributed by atoms with Crippen LogP contribution in [-0.2, 0) is 12.8 Å². The van der Waals surface area contributed by atoms with Gasteiger partial charge in [-0.3, -0.25) is 0 Å². The van der Waals surface area contributed by atoms with Crippen LogP contribution in [-0.4, -0.2) is 10.7 Å². The van der Waals surface area contributed by atoms with E-state index < -0.39 is 5.60 Å². The SMILES string of the molecule is CCc1ccc(CC2(O)CCCCCC2)s1. The Kier molecular flexibility index (Phi) is 4.04. The first kappa shape index (κ1) is 12.1. The Labute approximate surface area is 103 Å². The highest BCUT2D eigenvalue weighted by Gasteiger charge is 2.28. The highest BCUT2D eigenvalue weighted by molar-refractivity contribution is 7.12. The van der Waals surface area contributed by atoms with Gasteiger partial charge in [-0.2, -0.15) is 0 Å². The molecule has 1 fully saturated rings. The van der Waals surface area contributed by atoms with Gasteiger partial charge in [0.2, 0.25) is 0 Å². The highest BCUT2D eigenvalue weighted by Crippen LogP contribution is 2.32. The summed E-state index contributed by atoms with van der Waals surface area (Å²) in [5.74, 6) is 0. The Hall–Kier alpha value is -0.340.